The number of anilines is 1. The summed E-state index contributed by atoms with van der Waals surface area (Å²) in [6.45, 7) is 3.70. The van der Waals surface area contributed by atoms with Crippen molar-refractivity contribution in [2.75, 3.05) is 25.1 Å². The molecule has 0 saturated carbocycles. The summed E-state index contributed by atoms with van der Waals surface area (Å²) in [5.74, 6) is 0.971. The van der Waals surface area contributed by atoms with E-state index >= 15 is 0 Å². The van der Waals surface area contributed by atoms with Crippen molar-refractivity contribution in [1.82, 2.24) is 0 Å². The normalized spacial score (nSPS) is 15.2. The Hall–Kier alpha value is -0.890. The fourth-order valence-electron chi connectivity index (χ4n) is 1.59. The van der Waals surface area contributed by atoms with Gasteiger partial charge in [-0.05, 0) is 24.6 Å². The lowest BCUT2D eigenvalue weighted by Crippen LogP contribution is -2.29. The summed E-state index contributed by atoms with van der Waals surface area (Å²) in [6.07, 6.45) is 0. The molecule has 0 saturated heterocycles. The molecule has 2 rings (SSSR count). The number of rotatable bonds is 0. The SMILES string of the molecule is Cc1cc(Cl)cc2c1OCCN2C. The van der Waals surface area contributed by atoms with Gasteiger partial charge >= 0.3 is 0 Å². The van der Waals surface area contributed by atoms with Gasteiger partial charge in [-0.2, -0.15) is 0 Å². The second kappa shape index (κ2) is 3.11. The predicted octanol–water partition coefficient (Wildman–Crippen LogP) is 2.48. The summed E-state index contributed by atoms with van der Waals surface area (Å²) >= 11 is 5.97. The van der Waals surface area contributed by atoms with Crippen molar-refractivity contribution in [2.45, 2.75) is 6.92 Å². The molecule has 1 aromatic carbocycles. The fraction of sp³-hybridized carbons (Fsp3) is 0.400. The van der Waals surface area contributed by atoms with E-state index in [0.717, 1.165) is 35.2 Å². The van der Waals surface area contributed by atoms with Crippen LogP contribution in [0.4, 0.5) is 5.69 Å². The molecule has 0 atom stereocenters. The molecule has 1 aliphatic rings. The summed E-state index contributed by atoms with van der Waals surface area (Å²) in [5.41, 5.74) is 2.20. The summed E-state index contributed by atoms with van der Waals surface area (Å²) in [7, 11) is 2.05. The van der Waals surface area contributed by atoms with E-state index in [2.05, 4.69) is 11.9 Å². The van der Waals surface area contributed by atoms with Crippen molar-refractivity contribution >= 4 is 17.3 Å². The lowest BCUT2D eigenvalue weighted by atomic mass is 10.1. The molecule has 0 fully saturated rings. The molecule has 0 N–H and O–H groups in total. The molecular formula is C10H12ClNO. The van der Waals surface area contributed by atoms with Gasteiger partial charge in [0.15, 0.2) is 0 Å². The molecule has 1 heterocycles. The minimum absolute atomic E-state index is 0.756. The highest BCUT2D eigenvalue weighted by Crippen LogP contribution is 2.36. The van der Waals surface area contributed by atoms with Crippen LogP contribution in [0.2, 0.25) is 5.02 Å². The van der Waals surface area contributed by atoms with Crippen LogP contribution in [0.15, 0.2) is 12.1 Å². The smallest absolute Gasteiger partial charge is 0.145 e. The number of hydrogen-bond donors (Lipinski definition) is 0. The van der Waals surface area contributed by atoms with Gasteiger partial charge in [0.1, 0.15) is 12.4 Å². The lowest BCUT2D eigenvalue weighted by molar-refractivity contribution is 0.309. The summed E-state index contributed by atoms with van der Waals surface area (Å²) in [5, 5.41) is 0.772. The molecule has 0 aliphatic carbocycles. The highest BCUT2D eigenvalue weighted by molar-refractivity contribution is 6.31. The van der Waals surface area contributed by atoms with Crippen LogP contribution in [0, 0.1) is 6.92 Å². The highest BCUT2D eigenvalue weighted by Gasteiger charge is 2.17. The average molecular weight is 198 g/mol. The first-order valence-electron chi connectivity index (χ1n) is 4.32. The molecule has 0 bridgehead atoms. The molecule has 13 heavy (non-hydrogen) atoms. The third-order valence-electron chi connectivity index (χ3n) is 2.30. The second-order valence-corrected chi connectivity index (χ2v) is 3.78. The number of hydrogen-bond acceptors (Lipinski definition) is 2. The molecule has 0 unspecified atom stereocenters. The number of ether oxygens (including phenoxy) is 1. The van der Waals surface area contributed by atoms with E-state index in [1.54, 1.807) is 0 Å². The molecule has 0 radical (unpaired) electrons. The Kier molecular flexibility index (Phi) is 2.08. The van der Waals surface area contributed by atoms with Crippen molar-refractivity contribution in [3.05, 3.63) is 22.7 Å². The van der Waals surface area contributed by atoms with Crippen molar-refractivity contribution in [1.29, 1.82) is 0 Å². The summed E-state index contributed by atoms with van der Waals surface area (Å²) < 4.78 is 5.58. The van der Waals surface area contributed by atoms with Crippen molar-refractivity contribution in [3.63, 3.8) is 0 Å². The van der Waals surface area contributed by atoms with Crippen LogP contribution in [0.3, 0.4) is 0 Å². The van der Waals surface area contributed by atoms with Gasteiger partial charge in [0, 0.05) is 12.1 Å². The van der Waals surface area contributed by atoms with E-state index in [4.69, 9.17) is 16.3 Å². The van der Waals surface area contributed by atoms with Crippen LogP contribution < -0.4 is 9.64 Å². The van der Waals surface area contributed by atoms with E-state index < -0.39 is 0 Å². The van der Waals surface area contributed by atoms with Crippen molar-refractivity contribution < 1.29 is 4.74 Å². The Morgan fingerprint density at radius 3 is 3.00 bits per heavy atom. The molecule has 1 aliphatic heterocycles. The molecule has 70 valence electrons. The molecule has 3 heteroatoms. The van der Waals surface area contributed by atoms with Crippen LogP contribution >= 0.6 is 11.6 Å². The Morgan fingerprint density at radius 2 is 2.23 bits per heavy atom. The van der Waals surface area contributed by atoms with E-state index in [-0.39, 0.29) is 0 Å². The van der Waals surface area contributed by atoms with Crippen molar-refractivity contribution in [3.8, 4) is 5.75 Å². The molecule has 0 amide bonds. The van der Waals surface area contributed by atoms with Gasteiger partial charge in [0.25, 0.3) is 0 Å². The molecule has 2 nitrogen and oxygen atoms in total. The molecular weight excluding hydrogens is 186 g/mol. The highest BCUT2D eigenvalue weighted by atomic mass is 35.5. The lowest BCUT2D eigenvalue weighted by Gasteiger charge is -2.28. The Bertz CT molecular complexity index is 338. The summed E-state index contributed by atoms with van der Waals surface area (Å²) in [6, 6.07) is 3.88. The van der Waals surface area contributed by atoms with Crippen molar-refractivity contribution in [2.24, 2.45) is 0 Å². The second-order valence-electron chi connectivity index (χ2n) is 3.34. The number of likely N-dealkylation sites (N-methyl/N-ethyl adjacent to an activating group) is 1. The van der Waals surface area contributed by atoms with Crippen LogP contribution in [0.1, 0.15) is 5.56 Å². The zero-order chi connectivity index (χ0) is 9.42. The van der Waals surface area contributed by atoms with Gasteiger partial charge in [0.05, 0.1) is 12.2 Å². The maximum Gasteiger partial charge on any atom is 0.145 e. The minimum atomic E-state index is 0.756. The zero-order valence-electron chi connectivity index (χ0n) is 7.80. The summed E-state index contributed by atoms with van der Waals surface area (Å²) in [4.78, 5) is 2.16. The van der Waals surface area contributed by atoms with E-state index in [1.165, 1.54) is 0 Å². The number of benzene rings is 1. The van der Waals surface area contributed by atoms with Gasteiger partial charge in [-0.15, -0.1) is 0 Å². The average Bonchev–Trinajstić information content (AvgIpc) is 2.07. The van der Waals surface area contributed by atoms with E-state index in [9.17, 15) is 0 Å². The Labute approximate surface area is 83.1 Å². The fourth-order valence-corrected chi connectivity index (χ4v) is 1.86. The topological polar surface area (TPSA) is 12.5 Å². The van der Waals surface area contributed by atoms with Gasteiger partial charge < -0.3 is 9.64 Å². The quantitative estimate of drug-likeness (QED) is 0.634. The Balaban J connectivity index is 2.56. The molecule has 0 spiro atoms. The van der Waals surface area contributed by atoms with Gasteiger partial charge in [0.2, 0.25) is 0 Å². The zero-order valence-corrected chi connectivity index (χ0v) is 8.56. The number of fused-ring (bicyclic) bond motifs is 1. The largest absolute Gasteiger partial charge is 0.489 e. The maximum atomic E-state index is 5.97. The first-order chi connectivity index (χ1) is 6.18. The first-order valence-corrected chi connectivity index (χ1v) is 4.70. The maximum absolute atomic E-state index is 5.97. The van der Waals surface area contributed by atoms with Gasteiger partial charge in [-0.25, -0.2) is 0 Å². The van der Waals surface area contributed by atoms with Gasteiger partial charge in [-0.3, -0.25) is 0 Å². The van der Waals surface area contributed by atoms with E-state index in [0.29, 0.717) is 0 Å². The van der Waals surface area contributed by atoms with E-state index in [1.807, 2.05) is 19.1 Å². The number of halogens is 1. The minimum Gasteiger partial charge on any atom is -0.489 e. The van der Waals surface area contributed by atoms with Crippen LogP contribution in [-0.2, 0) is 0 Å². The van der Waals surface area contributed by atoms with Gasteiger partial charge in [-0.1, -0.05) is 11.6 Å². The van der Waals surface area contributed by atoms with Crippen LogP contribution in [0.25, 0.3) is 0 Å². The number of aryl methyl sites for hydroxylation is 1. The Morgan fingerprint density at radius 1 is 1.46 bits per heavy atom. The number of nitrogens with zero attached hydrogens (tertiary/aromatic N) is 1. The van der Waals surface area contributed by atoms with Crippen LogP contribution in [-0.4, -0.2) is 20.2 Å². The monoisotopic (exact) mass is 197 g/mol. The third kappa shape index (κ3) is 1.46. The third-order valence-corrected chi connectivity index (χ3v) is 2.52. The molecule has 0 aromatic heterocycles. The van der Waals surface area contributed by atoms with Crippen LogP contribution in [0.5, 0.6) is 5.75 Å². The first kappa shape index (κ1) is 8.70. The standard InChI is InChI=1S/C10H12ClNO/c1-7-5-8(11)6-9-10(7)13-4-3-12(9)2/h5-6H,3-4H2,1-2H3. The predicted molar refractivity (Wildman–Crippen MR) is 55.0 cm³/mol. The molecule has 1 aromatic rings.